The number of carbonyl (C=O) groups is 2. The lowest BCUT2D eigenvalue weighted by Crippen LogP contribution is -2.33. The third kappa shape index (κ3) is 4.47. The molecule has 3 aromatic rings. The van der Waals surface area contributed by atoms with Gasteiger partial charge in [-0.25, -0.2) is 9.78 Å². The smallest absolute Gasteiger partial charge is 0.410 e. The number of H-pyrrole nitrogens is 1. The number of aromatic nitrogens is 3. The SMILES string of the molecule is CN(Cc1ccc(NC(=O)c2c[nH]c3c2-c2nccn2CC3)cc1)C(=O)OC(C)(C)C. The molecule has 8 nitrogen and oxygen atoms in total. The zero-order chi connectivity index (χ0) is 22.2. The highest BCUT2D eigenvalue weighted by Crippen LogP contribution is 2.31. The Kier molecular flexibility index (Phi) is 5.31. The second kappa shape index (κ2) is 7.94. The zero-order valence-corrected chi connectivity index (χ0v) is 18.2. The normalized spacial score (nSPS) is 12.6. The fraction of sp³-hybridized carbons (Fsp3) is 0.348. The molecule has 8 heteroatoms. The molecule has 2 amide bonds. The number of nitrogens with zero attached hydrogens (tertiary/aromatic N) is 3. The van der Waals surface area contributed by atoms with E-state index >= 15 is 0 Å². The molecule has 0 radical (unpaired) electrons. The van der Waals surface area contributed by atoms with E-state index in [-0.39, 0.29) is 12.0 Å². The maximum Gasteiger partial charge on any atom is 0.410 e. The van der Waals surface area contributed by atoms with Crippen LogP contribution in [0.1, 0.15) is 42.4 Å². The van der Waals surface area contributed by atoms with Crippen molar-refractivity contribution >= 4 is 17.7 Å². The van der Waals surface area contributed by atoms with Crippen LogP contribution in [0.5, 0.6) is 0 Å². The summed E-state index contributed by atoms with van der Waals surface area (Å²) in [6.45, 7) is 6.78. The molecule has 0 fully saturated rings. The summed E-state index contributed by atoms with van der Waals surface area (Å²) in [6, 6.07) is 7.43. The number of fused-ring (bicyclic) bond motifs is 3. The van der Waals surface area contributed by atoms with Gasteiger partial charge in [-0.15, -0.1) is 0 Å². The van der Waals surface area contributed by atoms with Crippen LogP contribution >= 0.6 is 0 Å². The molecular weight excluding hydrogens is 394 g/mol. The van der Waals surface area contributed by atoms with Crippen LogP contribution in [-0.4, -0.2) is 44.1 Å². The number of hydrogen-bond donors (Lipinski definition) is 2. The number of carbonyl (C=O) groups excluding carboxylic acids is 2. The summed E-state index contributed by atoms with van der Waals surface area (Å²) in [5.41, 5.74) is 3.56. The predicted octanol–water partition coefficient (Wildman–Crippen LogP) is 4.05. The van der Waals surface area contributed by atoms with Crippen molar-refractivity contribution < 1.29 is 14.3 Å². The van der Waals surface area contributed by atoms with Crippen LogP contribution in [-0.2, 0) is 24.2 Å². The third-order valence-electron chi connectivity index (χ3n) is 5.08. The molecule has 2 aromatic heterocycles. The van der Waals surface area contributed by atoms with Crippen molar-refractivity contribution in [2.24, 2.45) is 0 Å². The molecule has 0 saturated heterocycles. The van der Waals surface area contributed by atoms with Crippen LogP contribution in [0, 0.1) is 0 Å². The Hall–Kier alpha value is -3.55. The van der Waals surface area contributed by atoms with Gasteiger partial charge in [0.05, 0.1) is 11.1 Å². The lowest BCUT2D eigenvalue weighted by atomic mass is 10.0. The highest BCUT2D eigenvalue weighted by atomic mass is 16.6. The van der Waals surface area contributed by atoms with Crippen molar-refractivity contribution in [3.05, 3.63) is 59.7 Å². The van der Waals surface area contributed by atoms with Crippen LogP contribution in [0.25, 0.3) is 11.4 Å². The van der Waals surface area contributed by atoms with E-state index in [9.17, 15) is 9.59 Å². The van der Waals surface area contributed by atoms with Gasteiger partial charge in [-0.3, -0.25) is 4.79 Å². The fourth-order valence-corrected chi connectivity index (χ4v) is 3.62. The quantitative estimate of drug-likeness (QED) is 0.665. The topological polar surface area (TPSA) is 92.3 Å². The number of anilines is 1. The molecule has 1 aliphatic rings. The molecule has 0 atom stereocenters. The van der Waals surface area contributed by atoms with Crippen molar-refractivity contribution in [3.63, 3.8) is 0 Å². The number of amides is 2. The molecule has 2 N–H and O–H groups in total. The molecule has 162 valence electrons. The van der Waals surface area contributed by atoms with Crippen molar-refractivity contribution in [1.82, 2.24) is 19.4 Å². The molecule has 0 bridgehead atoms. The Morgan fingerprint density at radius 3 is 2.71 bits per heavy atom. The van der Waals surface area contributed by atoms with Crippen molar-refractivity contribution in [3.8, 4) is 11.4 Å². The van der Waals surface area contributed by atoms with Gasteiger partial charge in [0.2, 0.25) is 0 Å². The van der Waals surface area contributed by atoms with Crippen molar-refractivity contribution in [2.75, 3.05) is 12.4 Å². The van der Waals surface area contributed by atoms with E-state index in [4.69, 9.17) is 4.74 Å². The molecule has 1 aliphatic heterocycles. The molecule has 0 unspecified atom stereocenters. The van der Waals surface area contributed by atoms with Gasteiger partial charge in [0.1, 0.15) is 11.4 Å². The Balaban J connectivity index is 1.42. The molecule has 0 aliphatic carbocycles. The number of imidazole rings is 1. The van der Waals surface area contributed by atoms with Gasteiger partial charge in [0.25, 0.3) is 5.91 Å². The Morgan fingerprint density at radius 1 is 1.26 bits per heavy atom. The molecule has 4 rings (SSSR count). The number of hydrogen-bond acceptors (Lipinski definition) is 4. The molecule has 3 heterocycles. The van der Waals surface area contributed by atoms with Gasteiger partial charge in [0, 0.05) is 56.5 Å². The summed E-state index contributed by atoms with van der Waals surface area (Å²) in [4.78, 5) is 34.2. The Bertz CT molecular complexity index is 1110. The lowest BCUT2D eigenvalue weighted by molar-refractivity contribution is 0.0285. The minimum atomic E-state index is -0.534. The lowest BCUT2D eigenvalue weighted by Gasteiger charge is -2.24. The number of benzene rings is 1. The summed E-state index contributed by atoms with van der Waals surface area (Å²) in [6.07, 6.45) is 5.90. The van der Waals surface area contributed by atoms with Gasteiger partial charge in [-0.05, 0) is 38.5 Å². The highest BCUT2D eigenvalue weighted by Gasteiger charge is 2.25. The molecular formula is C23H27N5O3. The standard InChI is InChI=1S/C23H27N5O3/c1-23(2,3)31-22(30)27(4)14-15-5-7-16(8-6-15)26-21(29)17-13-25-18-9-11-28-12-10-24-20(28)19(17)18/h5-8,10,12-13,25H,9,11,14H2,1-4H3,(H,26,29). The third-order valence-corrected chi connectivity index (χ3v) is 5.08. The number of aromatic amines is 1. The van der Waals surface area contributed by atoms with Crippen molar-refractivity contribution in [2.45, 2.75) is 45.9 Å². The van der Waals surface area contributed by atoms with Crippen LogP contribution in [0.2, 0.25) is 0 Å². The van der Waals surface area contributed by atoms with E-state index in [1.54, 1.807) is 19.4 Å². The number of ether oxygens (including phenoxy) is 1. The Labute approximate surface area is 181 Å². The largest absolute Gasteiger partial charge is 0.444 e. The van der Waals surface area contributed by atoms with Crippen LogP contribution < -0.4 is 5.32 Å². The number of nitrogens with one attached hydrogen (secondary N) is 2. The van der Waals surface area contributed by atoms with Crippen molar-refractivity contribution in [1.29, 1.82) is 0 Å². The molecule has 31 heavy (non-hydrogen) atoms. The fourth-order valence-electron chi connectivity index (χ4n) is 3.62. The molecule has 1 aromatic carbocycles. The van der Waals surface area contributed by atoms with E-state index in [1.807, 2.05) is 51.2 Å². The van der Waals surface area contributed by atoms with Gasteiger partial charge in [0.15, 0.2) is 0 Å². The average molecular weight is 422 g/mol. The van der Waals surface area contributed by atoms with Gasteiger partial charge in [-0.2, -0.15) is 0 Å². The van der Waals surface area contributed by atoms with E-state index in [1.165, 1.54) is 4.90 Å². The summed E-state index contributed by atoms with van der Waals surface area (Å²) in [7, 11) is 1.70. The first-order valence-corrected chi connectivity index (χ1v) is 10.3. The second-order valence-electron chi connectivity index (χ2n) is 8.74. The monoisotopic (exact) mass is 421 g/mol. The van der Waals surface area contributed by atoms with Crippen LogP contribution in [0.3, 0.4) is 0 Å². The van der Waals surface area contributed by atoms with Gasteiger partial charge < -0.3 is 24.5 Å². The maximum atomic E-state index is 12.9. The first kappa shape index (κ1) is 20.7. The average Bonchev–Trinajstić information content (AvgIpc) is 3.34. The second-order valence-corrected chi connectivity index (χ2v) is 8.74. The van der Waals surface area contributed by atoms with E-state index in [0.29, 0.717) is 17.8 Å². The number of rotatable bonds is 4. The van der Waals surface area contributed by atoms with E-state index < -0.39 is 5.60 Å². The van der Waals surface area contributed by atoms with Crippen LogP contribution in [0.4, 0.5) is 10.5 Å². The first-order chi connectivity index (χ1) is 14.7. The zero-order valence-electron chi connectivity index (χ0n) is 18.2. The summed E-state index contributed by atoms with van der Waals surface area (Å²) >= 11 is 0. The molecule has 0 saturated carbocycles. The predicted molar refractivity (Wildman–Crippen MR) is 118 cm³/mol. The van der Waals surface area contributed by atoms with Crippen LogP contribution in [0.15, 0.2) is 42.9 Å². The first-order valence-electron chi connectivity index (χ1n) is 10.3. The summed E-state index contributed by atoms with van der Waals surface area (Å²) in [5, 5.41) is 2.95. The molecule has 0 spiro atoms. The minimum Gasteiger partial charge on any atom is -0.444 e. The summed E-state index contributed by atoms with van der Waals surface area (Å²) in [5.74, 6) is 0.626. The maximum absolute atomic E-state index is 12.9. The highest BCUT2D eigenvalue weighted by molar-refractivity contribution is 6.08. The van der Waals surface area contributed by atoms with E-state index in [2.05, 4.69) is 19.9 Å². The van der Waals surface area contributed by atoms with Gasteiger partial charge in [-0.1, -0.05) is 12.1 Å². The van der Waals surface area contributed by atoms with Gasteiger partial charge >= 0.3 is 6.09 Å². The Morgan fingerprint density at radius 2 is 2.00 bits per heavy atom. The minimum absolute atomic E-state index is 0.187. The number of aryl methyl sites for hydroxylation is 2. The summed E-state index contributed by atoms with van der Waals surface area (Å²) < 4.78 is 7.43. The van der Waals surface area contributed by atoms with E-state index in [0.717, 1.165) is 35.6 Å².